The van der Waals surface area contributed by atoms with Crippen LogP contribution in [0.15, 0.2) is 30.3 Å². The van der Waals surface area contributed by atoms with Crippen molar-refractivity contribution in [1.82, 2.24) is 5.32 Å². The molecule has 1 aromatic rings. The van der Waals surface area contributed by atoms with Crippen molar-refractivity contribution in [2.45, 2.75) is 306 Å². The lowest BCUT2D eigenvalue weighted by Gasteiger charge is -2.41. The molecular weight excluding hydrogens is 1180 g/mol. The van der Waals surface area contributed by atoms with E-state index in [9.17, 15) is 24.0 Å². The number of esters is 1. The molecule has 1 amide bonds. The number of hydrogen-bond donors (Lipinski definition) is 1. The molecule has 1 N–H and O–H groups in total. The van der Waals surface area contributed by atoms with Gasteiger partial charge in [0.25, 0.3) is 0 Å². The number of rotatable bonds is 31. The number of benzene rings is 1. The van der Waals surface area contributed by atoms with E-state index in [-0.39, 0.29) is 113 Å². The molecule has 1 aromatic carbocycles. The van der Waals surface area contributed by atoms with Crippen molar-refractivity contribution >= 4 is 41.0 Å². The highest BCUT2D eigenvalue weighted by molar-refractivity contribution is 5.85. The van der Waals surface area contributed by atoms with Gasteiger partial charge in [-0.25, -0.2) is 4.79 Å². The third-order valence-electron chi connectivity index (χ3n) is 24.1. The highest BCUT2D eigenvalue weighted by Gasteiger charge is 2.46. The van der Waals surface area contributed by atoms with Gasteiger partial charge < -0.3 is 14.8 Å². The molecule has 15 atom stereocenters. The molecule has 10 heteroatoms. The standard InChI is InChI=1S/C76H121NO9.C9H4/c1-9-59(64-37-23-18-32-53(64)44-58(78)49-76(42-28-15-29-43-76)51-77-74(84)86-75(6,7)8)69(79)45-54-33-19-24-38-65(54)60(10-2)70(80)46-55-34-20-25-39-66(55)61(11-3)71(81)47-56-35-21-26-40-67(56)62(12-4)72(82)48-57-36-22-27-41-68(57)63(13-5)73(83)85-50-52-30-16-14-17-31-52;1-3-5-7-9-8-6-4-2/h14,16-17,30-31,53-57,59-68H,9-13,15,18-29,32-51H2,1-8H3,(H,77,84);1H,2H3/t53-,54-,55-,56-,57-,59+,60+,61+,62+,63+,64-,65-,66-,67-,68-;/m1./s1. The van der Waals surface area contributed by atoms with Gasteiger partial charge >= 0.3 is 12.1 Å². The fraction of sp³-hybridized carbons (Fsp3) is 0.753. The first kappa shape index (κ1) is 78.5. The van der Waals surface area contributed by atoms with Crippen molar-refractivity contribution < 1.29 is 43.0 Å². The summed E-state index contributed by atoms with van der Waals surface area (Å²) >= 11 is 0. The first-order valence-corrected chi connectivity index (χ1v) is 38.5. The highest BCUT2D eigenvalue weighted by atomic mass is 16.6. The minimum absolute atomic E-state index is 0.0777. The van der Waals surface area contributed by atoms with E-state index in [1.807, 2.05) is 51.1 Å². The highest BCUT2D eigenvalue weighted by Crippen LogP contribution is 2.49. The van der Waals surface area contributed by atoms with Crippen LogP contribution in [0.2, 0.25) is 0 Å². The molecule has 0 bridgehead atoms. The zero-order valence-corrected chi connectivity index (χ0v) is 60.7. The Labute approximate surface area is 576 Å². The summed E-state index contributed by atoms with van der Waals surface area (Å²) in [5.74, 6) is 19.8. The summed E-state index contributed by atoms with van der Waals surface area (Å²) in [6.45, 7) is 18.8. The smallest absolute Gasteiger partial charge is 0.407 e. The van der Waals surface area contributed by atoms with Crippen LogP contribution >= 0.6 is 0 Å². The average molecular weight is 1300 g/mol. The van der Waals surface area contributed by atoms with Crippen LogP contribution < -0.4 is 5.32 Å². The van der Waals surface area contributed by atoms with E-state index >= 15 is 9.59 Å². The summed E-state index contributed by atoms with van der Waals surface area (Å²) in [6, 6.07) is 9.87. The van der Waals surface area contributed by atoms with E-state index in [1.165, 1.54) is 0 Å². The van der Waals surface area contributed by atoms with Gasteiger partial charge in [0.1, 0.15) is 41.1 Å². The third-order valence-corrected chi connectivity index (χ3v) is 24.1. The third kappa shape index (κ3) is 24.5. The molecule has 0 heterocycles. The normalized spacial score (nSPS) is 26.6. The summed E-state index contributed by atoms with van der Waals surface area (Å²) in [7, 11) is 0. The van der Waals surface area contributed by atoms with Crippen molar-refractivity contribution in [3.8, 4) is 47.9 Å². The minimum atomic E-state index is -0.587. The van der Waals surface area contributed by atoms with E-state index in [0.29, 0.717) is 74.6 Å². The van der Waals surface area contributed by atoms with Gasteiger partial charge in [0.2, 0.25) is 0 Å². The Morgan fingerprint density at radius 3 is 1.21 bits per heavy atom. The van der Waals surface area contributed by atoms with Crippen LogP contribution in [0.1, 0.15) is 299 Å². The van der Waals surface area contributed by atoms with Gasteiger partial charge in [-0.1, -0.05) is 154 Å². The van der Waals surface area contributed by atoms with Crippen molar-refractivity contribution in [3.05, 3.63) is 35.9 Å². The lowest BCUT2D eigenvalue weighted by molar-refractivity contribution is -0.154. The van der Waals surface area contributed by atoms with Crippen LogP contribution in [-0.2, 0) is 44.8 Å². The summed E-state index contributed by atoms with van der Waals surface area (Å²) < 4.78 is 11.5. The zero-order chi connectivity index (χ0) is 68.8. The maximum Gasteiger partial charge on any atom is 0.407 e. The Hall–Kier alpha value is -5.45. The number of terminal acetylenes is 1. The first-order valence-electron chi connectivity index (χ1n) is 38.5. The average Bonchev–Trinajstić information content (AvgIpc) is 0.893. The van der Waals surface area contributed by atoms with Gasteiger partial charge in [0.15, 0.2) is 0 Å². The van der Waals surface area contributed by atoms with E-state index in [1.54, 1.807) is 6.92 Å². The largest absolute Gasteiger partial charge is 0.461 e. The molecule has 0 spiro atoms. The first-order chi connectivity index (χ1) is 45.8. The topological polar surface area (TPSA) is 150 Å². The van der Waals surface area contributed by atoms with Gasteiger partial charge in [-0.05, 0) is 243 Å². The molecule has 6 fully saturated rings. The van der Waals surface area contributed by atoms with E-state index in [4.69, 9.17) is 15.9 Å². The SMILES string of the molecule is C#CC#CC#CC#CC.CC[C@H](C(=O)C[C@H]1CCCC[C@H]1[C@H](CC)C(=O)C[C@H]1CCCC[C@H]1[C@H](CC)C(=O)C[C@H]1CCCC[C@H]1[C@H](CC)C(=O)C[C@H]1CCCC[C@H]1[C@H](CC)C(=O)OCc1ccccc1)[C@@H]1CCCC[C@@H]1CC(=O)CC1(CNC(=O)OC(C)(C)C)CCCCC1. The Morgan fingerprint density at radius 1 is 0.484 bits per heavy atom. The predicted octanol–water partition coefficient (Wildman–Crippen LogP) is 19.2. The molecule has 6 saturated carbocycles. The molecule has 0 aliphatic heterocycles. The summed E-state index contributed by atoms with van der Waals surface area (Å²) in [4.78, 5) is 100. The monoisotopic (exact) mass is 1300 g/mol. The van der Waals surface area contributed by atoms with Crippen LogP contribution in [0, 0.1) is 142 Å². The van der Waals surface area contributed by atoms with Crippen LogP contribution in [0.5, 0.6) is 0 Å². The second-order valence-electron chi connectivity index (χ2n) is 31.2. The molecule has 95 heavy (non-hydrogen) atoms. The quantitative estimate of drug-likeness (QED) is 0.0566. The Bertz CT molecular complexity index is 2830. The molecule has 0 aromatic heterocycles. The molecule has 0 radical (unpaired) electrons. The van der Waals surface area contributed by atoms with Gasteiger partial charge in [0.05, 0.1) is 5.92 Å². The second kappa shape index (κ2) is 41.1. The van der Waals surface area contributed by atoms with Crippen molar-refractivity contribution in [1.29, 1.82) is 0 Å². The number of ketones is 5. The molecule has 7 rings (SSSR count). The number of amides is 1. The molecule has 10 nitrogen and oxygen atoms in total. The summed E-state index contributed by atoms with van der Waals surface area (Å²) in [5.41, 5.74) is 0.146. The molecule has 6 aliphatic carbocycles. The predicted molar refractivity (Wildman–Crippen MR) is 383 cm³/mol. The molecule has 0 unspecified atom stereocenters. The lowest BCUT2D eigenvalue weighted by atomic mass is 9.62. The van der Waals surface area contributed by atoms with E-state index in [2.05, 4.69) is 81.4 Å². The van der Waals surface area contributed by atoms with Gasteiger partial charge in [0, 0.05) is 68.7 Å². The number of nitrogens with one attached hydrogen (secondary N) is 1. The molecule has 6 aliphatic rings. The van der Waals surface area contributed by atoms with Crippen molar-refractivity contribution in [2.75, 3.05) is 6.54 Å². The Morgan fingerprint density at radius 2 is 0.842 bits per heavy atom. The van der Waals surface area contributed by atoms with Crippen LogP contribution in [-0.4, -0.2) is 53.1 Å². The van der Waals surface area contributed by atoms with Crippen molar-refractivity contribution in [2.24, 2.45) is 94.2 Å². The Balaban J connectivity index is 0.00000147. The molecular formula is C85H125NO9. The van der Waals surface area contributed by atoms with E-state index in [0.717, 1.165) is 192 Å². The number of hydrogen-bond acceptors (Lipinski definition) is 9. The summed E-state index contributed by atoms with van der Waals surface area (Å²) in [5, 5.41) is 3.04. The molecule has 524 valence electrons. The molecule has 0 saturated heterocycles. The van der Waals surface area contributed by atoms with Crippen LogP contribution in [0.4, 0.5) is 4.79 Å². The minimum Gasteiger partial charge on any atom is -0.461 e. The number of ether oxygens (including phenoxy) is 2. The maximum atomic E-state index is 15.1. The number of Topliss-reactive ketones (excluding diaryl/α,β-unsaturated/α-hetero) is 5. The Kier molecular flexibility index (Phi) is 34.0. The van der Waals surface area contributed by atoms with Crippen LogP contribution in [0.3, 0.4) is 0 Å². The number of alkyl carbamates (subject to hydrolysis) is 1. The second-order valence-corrected chi connectivity index (χ2v) is 31.2. The fourth-order valence-electron chi connectivity index (χ4n) is 19.6. The number of carbonyl (C=O) groups excluding carboxylic acids is 7. The summed E-state index contributed by atoms with van der Waals surface area (Å²) in [6.07, 6.45) is 37.2. The van der Waals surface area contributed by atoms with Crippen molar-refractivity contribution in [3.63, 3.8) is 0 Å². The zero-order valence-electron chi connectivity index (χ0n) is 60.7. The van der Waals surface area contributed by atoms with E-state index < -0.39 is 11.7 Å². The fourth-order valence-corrected chi connectivity index (χ4v) is 19.6. The maximum absolute atomic E-state index is 15.1. The lowest BCUT2D eigenvalue weighted by Crippen LogP contribution is -2.43. The van der Waals surface area contributed by atoms with Gasteiger partial charge in [-0.15, -0.1) is 6.42 Å². The number of carbonyl (C=O) groups is 7. The van der Waals surface area contributed by atoms with Gasteiger partial charge in [-0.3, -0.25) is 28.8 Å². The van der Waals surface area contributed by atoms with Gasteiger partial charge in [-0.2, -0.15) is 0 Å². The van der Waals surface area contributed by atoms with Crippen LogP contribution in [0.25, 0.3) is 0 Å².